The van der Waals surface area contributed by atoms with Crippen molar-refractivity contribution >= 4 is 0 Å². The molecule has 0 radical (unpaired) electrons. The van der Waals surface area contributed by atoms with E-state index in [1.54, 1.807) is 0 Å². The third kappa shape index (κ3) is 3.60. The summed E-state index contributed by atoms with van der Waals surface area (Å²) in [6.45, 7) is 3.39. The van der Waals surface area contributed by atoms with Crippen molar-refractivity contribution in [2.45, 2.75) is 56.8 Å². The molecule has 0 aromatic heterocycles. The molecule has 2 fully saturated rings. The van der Waals surface area contributed by atoms with Crippen molar-refractivity contribution in [3.05, 3.63) is 35.9 Å². The number of likely N-dealkylation sites (tertiary alicyclic amines) is 1. The maximum absolute atomic E-state index is 9.89. The zero-order chi connectivity index (χ0) is 13.8. The van der Waals surface area contributed by atoms with Crippen LogP contribution >= 0.6 is 0 Å². The first kappa shape index (κ1) is 14.1. The predicted octanol–water partition coefficient (Wildman–Crippen LogP) is 2.15. The van der Waals surface area contributed by atoms with Crippen LogP contribution < -0.4 is 5.32 Å². The van der Waals surface area contributed by atoms with Gasteiger partial charge in [0.2, 0.25) is 0 Å². The largest absolute Gasteiger partial charge is 0.392 e. The van der Waals surface area contributed by atoms with Gasteiger partial charge in [-0.2, -0.15) is 0 Å². The molecule has 0 spiro atoms. The monoisotopic (exact) mass is 274 g/mol. The van der Waals surface area contributed by atoms with Crippen LogP contribution in [0.3, 0.4) is 0 Å². The minimum absolute atomic E-state index is 0.114. The number of rotatable bonds is 4. The van der Waals surface area contributed by atoms with Gasteiger partial charge >= 0.3 is 0 Å². The Balaban J connectivity index is 1.43. The highest BCUT2D eigenvalue weighted by molar-refractivity contribution is 5.14. The van der Waals surface area contributed by atoms with Crippen LogP contribution in [0.5, 0.6) is 0 Å². The van der Waals surface area contributed by atoms with Crippen molar-refractivity contribution in [1.82, 2.24) is 10.2 Å². The highest BCUT2D eigenvalue weighted by Gasteiger charge is 2.28. The molecule has 1 aromatic carbocycles. The molecule has 1 heterocycles. The summed E-state index contributed by atoms with van der Waals surface area (Å²) in [6, 6.07) is 11.7. The predicted molar refractivity (Wildman–Crippen MR) is 81.5 cm³/mol. The van der Waals surface area contributed by atoms with Gasteiger partial charge in [-0.05, 0) is 50.8 Å². The molecule has 20 heavy (non-hydrogen) atoms. The second-order valence-corrected chi connectivity index (χ2v) is 6.31. The van der Waals surface area contributed by atoms with Crippen LogP contribution in [0.15, 0.2) is 30.3 Å². The van der Waals surface area contributed by atoms with Crippen molar-refractivity contribution in [2.24, 2.45) is 0 Å². The molecule has 1 saturated carbocycles. The van der Waals surface area contributed by atoms with Gasteiger partial charge in [-0.1, -0.05) is 30.3 Å². The van der Waals surface area contributed by atoms with Gasteiger partial charge in [-0.25, -0.2) is 0 Å². The summed E-state index contributed by atoms with van der Waals surface area (Å²) in [7, 11) is 0. The number of aliphatic hydroxyl groups excluding tert-OH is 1. The molecular weight excluding hydrogens is 248 g/mol. The number of aliphatic hydroxyl groups is 1. The smallest absolute Gasteiger partial charge is 0.0693 e. The standard InChI is InChI=1S/C17H26N2O/c20-17-8-4-7-16(17)18-15-9-11-19(12-10-15)13-14-5-2-1-3-6-14/h1-3,5-6,15-18,20H,4,7-13H2/t16-,17-/m1/s1. The van der Waals surface area contributed by atoms with E-state index in [1.165, 1.54) is 24.8 Å². The van der Waals surface area contributed by atoms with E-state index in [9.17, 15) is 5.11 Å². The zero-order valence-corrected chi connectivity index (χ0v) is 12.2. The second kappa shape index (κ2) is 6.70. The van der Waals surface area contributed by atoms with Gasteiger partial charge in [0.05, 0.1) is 6.10 Å². The lowest BCUT2D eigenvalue weighted by Crippen LogP contribution is -2.48. The van der Waals surface area contributed by atoms with E-state index in [-0.39, 0.29) is 6.10 Å². The fraction of sp³-hybridized carbons (Fsp3) is 0.647. The van der Waals surface area contributed by atoms with E-state index in [2.05, 4.69) is 40.5 Å². The van der Waals surface area contributed by atoms with Crippen molar-refractivity contribution in [3.8, 4) is 0 Å². The highest BCUT2D eigenvalue weighted by atomic mass is 16.3. The molecule has 1 saturated heterocycles. The summed E-state index contributed by atoms with van der Waals surface area (Å²) < 4.78 is 0. The Hall–Kier alpha value is -0.900. The Kier molecular flexibility index (Phi) is 4.71. The molecule has 2 N–H and O–H groups in total. The van der Waals surface area contributed by atoms with E-state index in [0.717, 1.165) is 32.5 Å². The fourth-order valence-electron chi connectivity index (χ4n) is 3.54. The van der Waals surface area contributed by atoms with Gasteiger partial charge in [-0.15, -0.1) is 0 Å². The fourth-order valence-corrected chi connectivity index (χ4v) is 3.54. The van der Waals surface area contributed by atoms with E-state index in [4.69, 9.17) is 0 Å². The molecule has 3 nitrogen and oxygen atoms in total. The first-order valence-corrected chi connectivity index (χ1v) is 8.01. The van der Waals surface area contributed by atoms with Gasteiger partial charge in [0.25, 0.3) is 0 Å². The average Bonchev–Trinajstić information content (AvgIpc) is 2.88. The summed E-state index contributed by atoms with van der Waals surface area (Å²) in [4.78, 5) is 2.54. The Labute approximate surface area is 122 Å². The third-order valence-corrected chi connectivity index (χ3v) is 4.77. The molecule has 3 heteroatoms. The van der Waals surface area contributed by atoms with Crippen molar-refractivity contribution in [3.63, 3.8) is 0 Å². The van der Waals surface area contributed by atoms with E-state index in [1.807, 2.05) is 0 Å². The second-order valence-electron chi connectivity index (χ2n) is 6.31. The molecule has 0 unspecified atom stereocenters. The number of nitrogens with zero attached hydrogens (tertiary/aromatic N) is 1. The van der Waals surface area contributed by atoms with Crippen LogP contribution in [0.4, 0.5) is 0 Å². The van der Waals surface area contributed by atoms with E-state index < -0.39 is 0 Å². The first-order valence-electron chi connectivity index (χ1n) is 8.01. The Morgan fingerprint density at radius 1 is 1.05 bits per heavy atom. The first-order chi connectivity index (χ1) is 9.81. The highest BCUT2D eigenvalue weighted by Crippen LogP contribution is 2.21. The number of hydrogen-bond donors (Lipinski definition) is 2. The van der Waals surface area contributed by atoms with Crippen molar-refractivity contribution < 1.29 is 5.11 Å². The summed E-state index contributed by atoms with van der Waals surface area (Å²) >= 11 is 0. The zero-order valence-electron chi connectivity index (χ0n) is 12.2. The number of hydrogen-bond acceptors (Lipinski definition) is 3. The molecular formula is C17H26N2O. The molecule has 0 bridgehead atoms. The normalized spacial score (nSPS) is 28.9. The van der Waals surface area contributed by atoms with Gasteiger partial charge in [0, 0.05) is 18.6 Å². The lowest BCUT2D eigenvalue weighted by atomic mass is 10.0. The molecule has 2 atom stereocenters. The van der Waals surface area contributed by atoms with Crippen molar-refractivity contribution in [1.29, 1.82) is 0 Å². The van der Waals surface area contributed by atoms with Crippen LogP contribution in [0, 0.1) is 0 Å². The number of piperidine rings is 1. The van der Waals surface area contributed by atoms with Crippen LogP contribution in [-0.4, -0.2) is 41.3 Å². The summed E-state index contributed by atoms with van der Waals surface area (Å²) in [6.07, 6.45) is 5.59. The van der Waals surface area contributed by atoms with E-state index >= 15 is 0 Å². The minimum atomic E-state index is -0.114. The Bertz CT molecular complexity index is 401. The molecule has 2 aliphatic rings. The average molecular weight is 274 g/mol. The SMILES string of the molecule is O[C@@H]1CCC[C@H]1NC1CCN(Cc2ccccc2)CC1. The summed E-state index contributed by atoms with van der Waals surface area (Å²) in [5.41, 5.74) is 1.41. The number of nitrogens with one attached hydrogen (secondary N) is 1. The maximum Gasteiger partial charge on any atom is 0.0693 e. The molecule has 3 rings (SSSR count). The van der Waals surface area contributed by atoms with Crippen LogP contribution in [0.25, 0.3) is 0 Å². The van der Waals surface area contributed by atoms with E-state index in [0.29, 0.717) is 12.1 Å². The number of benzene rings is 1. The Morgan fingerprint density at radius 3 is 2.45 bits per heavy atom. The van der Waals surface area contributed by atoms with Gasteiger partial charge < -0.3 is 10.4 Å². The molecule has 1 aliphatic heterocycles. The Morgan fingerprint density at radius 2 is 1.80 bits per heavy atom. The van der Waals surface area contributed by atoms with Crippen LogP contribution in [-0.2, 0) is 6.54 Å². The summed E-state index contributed by atoms with van der Waals surface area (Å²) in [5.74, 6) is 0. The van der Waals surface area contributed by atoms with Crippen LogP contribution in [0.1, 0.15) is 37.7 Å². The quantitative estimate of drug-likeness (QED) is 0.883. The van der Waals surface area contributed by atoms with Crippen LogP contribution in [0.2, 0.25) is 0 Å². The lowest BCUT2D eigenvalue weighted by Gasteiger charge is -2.34. The molecule has 1 aliphatic carbocycles. The molecule has 1 aromatic rings. The lowest BCUT2D eigenvalue weighted by molar-refractivity contribution is 0.125. The minimum Gasteiger partial charge on any atom is -0.392 e. The summed E-state index contributed by atoms with van der Waals surface area (Å²) in [5, 5.41) is 13.6. The topological polar surface area (TPSA) is 35.5 Å². The van der Waals surface area contributed by atoms with Gasteiger partial charge in [0.1, 0.15) is 0 Å². The molecule has 110 valence electrons. The van der Waals surface area contributed by atoms with Gasteiger partial charge in [0.15, 0.2) is 0 Å². The van der Waals surface area contributed by atoms with Gasteiger partial charge in [-0.3, -0.25) is 4.90 Å². The third-order valence-electron chi connectivity index (χ3n) is 4.77. The van der Waals surface area contributed by atoms with Crippen molar-refractivity contribution in [2.75, 3.05) is 13.1 Å². The molecule has 0 amide bonds. The maximum atomic E-state index is 9.89.